The second-order valence-electron chi connectivity index (χ2n) is 4.77. The van der Waals surface area contributed by atoms with Crippen LogP contribution >= 0.6 is 0 Å². The minimum Gasteiger partial charge on any atom is -0.404 e. The lowest BCUT2D eigenvalue weighted by Gasteiger charge is -2.08. The molecule has 114 valence electrons. The van der Waals surface area contributed by atoms with Crippen molar-refractivity contribution in [3.63, 3.8) is 0 Å². The molecule has 2 aromatic rings. The number of anilines is 2. The third kappa shape index (κ3) is 3.19. The molecule has 1 N–H and O–H groups in total. The topological polar surface area (TPSA) is 51.0 Å². The zero-order valence-electron chi connectivity index (χ0n) is 11.4. The van der Waals surface area contributed by atoms with Crippen molar-refractivity contribution in [1.29, 1.82) is 0 Å². The zero-order valence-corrected chi connectivity index (χ0v) is 11.4. The van der Waals surface area contributed by atoms with Crippen molar-refractivity contribution in [3.05, 3.63) is 53.9 Å². The quantitative estimate of drug-likeness (QED) is 0.902. The van der Waals surface area contributed by atoms with Crippen LogP contribution in [0.4, 0.5) is 24.9 Å². The van der Waals surface area contributed by atoms with Gasteiger partial charge in [-0.15, -0.1) is 5.10 Å². The summed E-state index contributed by atoms with van der Waals surface area (Å²) < 4.78 is 43.4. The summed E-state index contributed by atoms with van der Waals surface area (Å²) in [5.41, 5.74) is 0.409. The number of halogens is 3. The summed E-state index contributed by atoms with van der Waals surface area (Å²) >= 11 is 0. The largest absolute Gasteiger partial charge is 0.416 e. The van der Waals surface area contributed by atoms with E-state index in [1.807, 2.05) is 18.2 Å². The normalized spacial score (nSPS) is 14.8. The highest BCUT2D eigenvalue weighted by Crippen LogP contribution is 2.31. The van der Waals surface area contributed by atoms with E-state index in [0.29, 0.717) is 5.89 Å². The van der Waals surface area contributed by atoms with Crippen LogP contribution in [-0.2, 0) is 6.18 Å². The summed E-state index contributed by atoms with van der Waals surface area (Å²) in [5, 5.41) is 10.4. The number of allylic oxidation sites excluding steroid dienone is 4. The number of hydrogen-bond donors (Lipinski definition) is 1. The molecule has 0 aliphatic heterocycles. The van der Waals surface area contributed by atoms with Gasteiger partial charge < -0.3 is 9.73 Å². The van der Waals surface area contributed by atoms with Gasteiger partial charge in [0.05, 0.1) is 5.56 Å². The molecule has 0 unspecified atom stereocenters. The Bertz CT molecular complexity index is 732. The Labute approximate surface area is 124 Å². The molecule has 0 bridgehead atoms. The van der Waals surface area contributed by atoms with Gasteiger partial charge in [-0.05, 0) is 31.0 Å². The Morgan fingerprint density at radius 2 is 2.05 bits per heavy atom. The average molecular weight is 307 g/mol. The Hall–Kier alpha value is -2.57. The van der Waals surface area contributed by atoms with Crippen LogP contribution in [0.5, 0.6) is 0 Å². The fourth-order valence-electron chi connectivity index (χ4n) is 2.08. The highest BCUT2D eigenvalue weighted by Gasteiger charge is 2.30. The maximum Gasteiger partial charge on any atom is 0.416 e. The highest BCUT2D eigenvalue weighted by molar-refractivity contribution is 5.62. The zero-order chi connectivity index (χ0) is 15.6. The molecular weight excluding hydrogens is 295 g/mol. The molecule has 1 aromatic carbocycles. The molecule has 1 aliphatic rings. The van der Waals surface area contributed by atoms with E-state index in [2.05, 4.69) is 15.5 Å². The minimum atomic E-state index is -4.39. The Morgan fingerprint density at radius 3 is 2.77 bits per heavy atom. The molecule has 0 amide bonds. The number of nitrogens with zero attached hydrogens (tertiary/aromatic N) is 2. The predicted octanol–water partition coefficient (Wildman–Crippen LogP) is 4.57. The van der Waals surface area contributed by atoms with Crippen molar-refractivity contribution >= 4 is 17.3 Å². The van der Waals surface area contributed by atoms with Crippen molar-refractivity contribution < 1.29 is 17.6 Å². The van der Waals surface area contributed by atoms with Gasteiger partial charge in [-0.1, -0.05) is 29.4 Å². The van der Waals surface area contributed by atoms with Crippen LogP contribution in [-0.4, -0.2) is 10.2 Å². The van der Waals surface area contributed by atoms with E-state index in [9.17, 15) is 13.2 Å². The van der Waals surface area contributed by atoms with Crippen LogP contribution in [0.2, 0.25) is 0 Å². The van der Waals surface area contributed by atoms with E-state index in [4.69, 9.17) is 4.42 Å². The molecule has 4 nitrogen and oxygen atoms in total. The average Bonchev–Trinajstić information content (AvgIpc) is 2.96. The summed E-state index contributed by atoms with van der Waals surface area (Å²) in [6.45, 7) is 0. The molecule has 0 atom stereocenters. The second kappa shape index (κ2) is 5.67. The molecule has 1 aromatic heterocycles. The van der Waals surface area contributed by atoms with Crippen LogP contribution < -0.4 is 5.32 Å². The lowest BCUT2D eigenvalue weighted by Crippen LogP contribution is -2.05. The predicted molar refractivity (Wildman–Crippen MR) is 75.4 cm³/mol. The smallest absolute Gasteiger partial charge is 0.404 e. The first kappa shape index (κ1) is 14.4. The number of hydrogen-bond acceptors (Lipinski definition) is 4. The molecule has 0 fully saturated rings. The lowest BCUT2D eigenvalue weighted by molar-refractivity contribution is -0.137. The Kier molecular flexibility index (Phi) is 3.70. The van der Waals surface area contributed by atoms with Crippen molar-refractivity contribution in [3.8, 4) is 0 Å². The van der Waals surface area contributed by atoms with Gasteiger partial charge in [-0.25, -0.2) is 0 Å². The van der Waals surface area contributed by atoms with Crippen LogP contribution in [0.25, 0.3) is 5.57 Å². The first-order chi connectivity index (χ1) is 10.5. The third-order valence-corrected chi connectivity index (χ3v) is 3.15. The van der Waals surface area contributed by atoms with E-state index >= 15 is 0 Å². The van der Waals surface area contributed by atoms with Crippen LogP contribution in [0, 0.1) is 0 Å². The molecule has 1 aliphatic carbocycles. The summed E-state index contributed by atoms with van der Waals surface area (Å²) in [6, 6.07) is 4.87. The van der Waals surface area contributed by atoms with E-state index < -0.39 is 11.7 Å². The fourth-order valence-corrected chi connectivity index (χ4v) is 2.08. The van der Waals surface area contributed by atoms with Gasteiger partial charge in [0.1, 0.15) is 0 Å². The minimum absolute atomic E-state index is 0.0600. The van der Waals surface area contributed by atoms with Crippen molar-refractivity contribution in [1.82, 2.24) is 10.2 Å². The van der Waals surface area contributed by atoms with E-state index in [1.54, 1.807) is 0 Å². The van der Waals surface area contributed by atoms with Crippen LogP contribution in [0.1, 0.15) is 24.3 Å². The highest BCUT2D eigenvalue weighted by atomic mass is 19.4. The van der Waals surface area contributed by atoms with Crippen LogP contribution in [0.15, 0.2) is 46.9 Å². The number of rotatable bonds is 3. The first-order valence-corrected chi connectivity index (χ1v) is 6.66. The SMILES string of the molecule is FC(F)(F)c1cccc(Nc2nnc(C3=CC=CCC3)o2)c1. The van der Waals surface area contributed by atoms with Gasteiger partial charge in [0.15, 0.2) is 0 Å². The molecule has 0 spiro atoms. The van der Waals surface area contributed by atoms with Gasteiger partial charge in [-0.2, -0.15) is 13.2 Å². The van der Waals surface area contributed by atoms with Gasteiger partial charge in [0, 0.05) is 11.3 Å². The van der Waals surface area contributed by atoms with Gasteiger partial charge in [0.2, 0.25) is 5.89 Å². The molecule has 22 heavy (non-hydrogen) atoms. The number of aromatic nitrogens is 2. The fraction of sp³-hybridized carbons (Fsp3) is 0.200. The van der Waals surface area contributed by atoms with Gasteiger partial charge in [0.25, 0.3) is 0 Å². The number of benzene rings is 1. The number of nitrogens with one attached hydrogen (secondary N) is 1. The Balaban J connectivity index is 1.78. The van der Waals surface area contributed by atoms with E-state index in [-0.39, 0.29) is 11.7 Å². The summed E-state index contributed by atoms with van der Waals surface area (Å²) in [6.07, 6.45) is 3.11. The van der Waals surface area contributed by atoms with Crippen molar-refractivity contribution in [2.45, 2.75) is 19.0 Å². The first-order valence-electron chi connectivity index (χ1n) is 6.66. The summed E-state index contributed by atoms with van der Waals surface area (Å²) in [7, 11) is 0. The van der Waals surface area contributed by atoms with Crippen molar-refractivity contribution in [2.24, 2.45) is 0 Å². The standard InChI is InChI=1S/C15H12F3N3O/c16-15(17,18)11-7-4-8-12(9-11)19-14-21-20-13(22-14)10-5-2-1-3-6-10/h1-2,4-5,7-9H,3,6H2,(H,19,21). The molecule has 0 saturated heterocycles. The Morgan fingerprint density at radius 1 is 1.18 bits per heavy atom. The molecular formula is C15H12F3N3O. The van der Waals surface area contributed by atoms with Gasteiger partial charge in [-0.3, -0.25) is 0 Å². The maximum absolute atomic E-state index is 12.7. The molecule has 1 heterocycles. The maximum atomic E-state index is 12.7. The number of alkyl halides is 3. The monoisotopic (exact) mass is 307 g/mol. The summed E-state index contributed by atoms with van der Waals surface area (Å²) in [5.74, 6) is 0.374. The summed E-state index contributed by atoms with van der Waals surface area (Å²) in [4.78, 5) is 0. The molecule has 0 saturated carbocycles. The molecule has 3 rings (SSSR count). The van der Waals surface area contributed by atoms with Crippen molar-refractivity contribution in [2.75, 3.05) is 5.32 Å². The van der Waals surface area contributed by atoms with Crippen LogP contribution in [0.3, 0.4) is 0 Å². The van der Waals surface area contributed by atoms with Gasteiger partial charge >= 0.3 is 12.2 Å². The molecule has 0 radical (unpaired) electrons. The second-order valence-corrected chi connectivity index (χ2v) is 4.77. The molecule has 7 heteroatoms. The lowest BCUT2D eigenvalue weighted by atomic mass is 10.1. The van der Waals surface area contributed by atoms with E-state index in [1.165, 1.54) is 12.1 Å². The van der Waals surface area contributed by atoms with E-state index in [0.717, 1.165) is 30.5 Å². The third-order valence-electron chi connectivity index (χ3n) is 3.15.